The Bertz CT molecular complexity index is 304. The van der Waals surface area contributed by atoms with E-state index in [0.29, 0.717) is 0 Å². The van der Waals surface area contributed by atoms with E-state index >= 15 is 0 Å². The highest BCUT2D eigenvalue weighted by atomic mass is 15.0. The molecule has 104 valence electrons. The van der Waals surface area contributed by atoms with Crippen molar-refractivity contribution in [3.8, 4) is 0 Å². The molecule has 0 amide bonds. The van der Waals surface area contributed by atoms with Gasteiger partial charge >= 0.3 is 0 Å². The van der Waals surface area contributed by atoms with Crippen LogP contribution in [0.2, 0.25) is 0 Å². The largest absolute Gasteiger partial charge is 0.257 e. The molecule has 0 bridgehead atoms. The fourth-order valence-corrected chi connectivity index (χ4v) is 2.68. The van der Waals surface area contributed by atoms with Crippen LogP contribution in [-0.4, -0.2) is 4.98 Å². The quantitative estimate of drug-likeness (QED) is 0.467. The summed E-state index contributed by atoms with van der Waals surface area (Å²) in [6.45, 7) is 4.57. The molecule has 2 nitrogen and oxygen atoms in total. The van der Waals surface area contributed by atoms with Gasteiger partial charge in [-0.1, -0.05) is 58.8 Å². The lowest BCUT2D eigenvalue weighted by atomic mass is 9.94. The number of H-pyrrole nitrogens is 1. The third-order valence-electron chi connectivity index (χ3n) is 3.86. The zero-order chi connectivity index (χ0) is 13.2. The molecular formula is C16H31N2+. The second-order valence-electron chi connectivity index (χ2n) is 5.50. The Hall–Kier alpha value is -0.790. The van der Waals surface area contributed by atoms with Crippen molar-refractivity contribution in [1.82, 2.24) is 4.98 Å². The maximum absolute atomic E-state index is 3.43. The second-order valence-corrected chi connectivity index (χ2v) is 5.50. The molecule has 0 aliphatic rings. The number of nitrogens with zero attached hydrogens (tertiary/aromatic N) is 1. The van der Waals surface area contributed by atoms with Gasteiger partial charge in [0.15, 0.2) is 0 Å². The fraction of sp³-hybridized carbons (Fsp3) is 0.812. The van der Waals surface area contributed by atoms with Gasteiger partial charge in [0.05, 0.1) is 13.0 Å². The summed E-state index contributed by atoms with van der Waals surface area (Å²) in [7, 11) is 2.15. The molecule has 0 aliphatic heterocycles. The highest BCUT2D eigenvalue weighted by molar-refractivity contribution is 4.89. The summed E-state index contributed by atoms with van der Waals surface area (Å²) in [5.41, 5.74) is 0. The van der Waals surface area contributed by atoms with E-state index in [1.54, 1.807) is 0 Å². The van der Waals surface area contributed by atoms with Crippen molar-refractivity contribution in [1.29, 1.82) is 0 Å². The molecule has 0 spiro atoms. The van der Waals surface area contributed by atoms with Crippen molar-refractivity contribution in [2.24, 2.45) is 7.05 Å². The molecule has 18 heavy (non-hydrogen) atoms. The number of aromatic amines is 1. The summed E-state index contributed by atoms with van der Waals surface area (Å²) in [4.78, 5) is 3.43. The Morgan fingerprint density at radius 3 is 2.28 bits per heavy atom. The van der Waals surface area contributed by atoms with Gasteiger partial charge in [0.2, 0.25) is 0 Å². The molecule has 0 fully saturated rings. The Labute approximate surface area is 113 Å². The Balaban J connectivity index is 2.39. The summed E-state index contributed by atoms with van der Waals surface area (Å²) in [5, 5.41) is 0. The maximum atomic E-state index is 3.43. The lowest BCUT2D eigenvalue weighted by Crippen LogP contribution is -2.32. The summed E-state index contributed by atoms with van der Waals surface area (Å²) in [6, 6.07) is 0. The van der Waals surface area contributed by atoms with Gasteiger partial charge in [-0.25, -0.2) is 9.55 Å². The number of aryl methyl sites for hydroxylation is 1. The predicted octanol–water partition coefficient (Wildman–Crippen LogP) is 4.47. The molecular weight excluding hydrogens is 220 g/mol. The first-order valence-electron chi connectivity index (χ1n) is 7.82. The van der Waals surface area contributed by atoms with E-state index in [9.17, 15) is 0 Å². The molecule has 1 rings (SSSR count). The highest BCUT2D eigenvalue weighted by Crippen LogP contribution is 2.24. The van der Waals surface area contributed by atoms with Crippen molar-refractivity contribution in [2.45, 2.75) is 77.6 Å². The van der Waals surface area contributed by atoms with Gasteiger partial charge in [0, 0.05) is 0 Å². The van der Waals surface area contributed by atoms with Crippen molar-refractivity contribution < 1.29 is 4.57 Å². The fourth-order valence-electron chi connectivity index (χ4n) is 2.68. The first kappa shape index (κ1) is 15.3. The van der Waals surface area contributed by atoms with Gasteiger partial charge in [0.25, 0.3) is 5.82 Å². The molecule has 0 saturated carbocycles. The standard InChI is InChI=1S/C16H30N2/c1-4-6-8-9-10-12-15(11-7-5-2)16-17-13-14-18(16)3/h13-15H,4-12H2,1-3H3/p+1/t15-/m0/s1. The van der Waals surface area contributed by atoms with Crippen LogP contribution in [-0.2, 0) is 7.05 Å². The maximum Gasteiger partial charge on any atom is 0.257 e. The number of hydrogen-bond donors (Lipinski definition) is 1. The molecule has 0 radical (unpaired) electrons. The lowest BCUT2D eigenvalue weighted by Gasteiger charge is -2.12. The molecule has 0 saturated heterocycles. The van der Waals surface area contributed by atoms with Crippen molar-refractivity contribution in [3.63, 3.8) is 0 Å². The smallest absolute Gasteiger partial charge is 0.247 e. The van der Waals surface area contributed by atoms with E-state index in [2.05, 4.69) is 42.8 Å². The number of hydrogen-bond acceptors (Lipinski definition) is 0. The summed E-state index contributed by atoms with van der Waals surface area (Å²) >= 11 is 0. The van der Waals surface area contributed by atoms with Crippen molar-refractivity contribution in [2.75, 3.05) is 0 Å². The van der Waals surface area contributed by atoms with Crippen LogP contribution in [0.4, 0.5) is 0 Å². The zero-order valence-corrected chi connectivity index (χ0v) is 12.5. The molecule has 0 unspecified atom stereocenters. The van der Waals surface area contributed by atoms with E-state index in [1.807, 2.05) is 0 Å². The normalized spacial score (nSPS) is 12.8. The second kappa shape index (κ2) is 9.18. The van der Waals surface area contributed by atoms with E-state index in [1.165, 1.54) is 63.6 Å². The van der Waals surface area contributed by atoms with Crippen molar-refractivity contribution in [3.05, 3.63) is 18.2 Å². The molecule has 1 aromatic rings. The van der Waals surface area contributed by atoms with Gasteiger partial charge in [-0.15, -0.1) is 0 Å². The topological polar surface area (TPSA) is 19.7 Å². The molecule has 1 N–H and O–H groups in total. The van der Waals surface area contributed by atoms with Crippen LogP contribution in [0.3, 0.4) is 0 Å². The van der Waals surface area contributed by atoms with Gasteiger partial charge in [0.1, 0.15) is 12.4 Å². The van der Waals surface area contributed by atoms with Crippen LogP contribution in [0.5, 0.6) is 0 Å². The SMILES string of the molecule is CCCCCCC[C@H](CCCC)c1[nH]cc[n+]1C. The summed E-state index contributed by atoms with van der Waals surface area (Å²) < 4.78 is 2.26. The van der Waals surface area contributed by atoms with E-state index < -0.39 is 0 Å². The van der Waals surface area contributed by atoms with Crippen LogP contribution in [0, 0.1) is 0 Å². The number of rotatable bonds is 10. The van der Waals surface area contributed by atoms with Crippen molar-refractivity contribution >= 4 is 0 Å². The average Bonchev–Trinajstić information content (AvgIpc) is 2.79. The minimum absolute atomic E-state index is 0.728. The Morgan fingerprint density at radius 2 is 1.67 bits per heavy atom. The van der Waals surface area contributed by atoms with Crippen LogP contribution in [0.15, 0.2) is 12.4 Å². The zero-order valence-electron chi connectivity index (χ0n) is 12.5. The number of aromatic nitrogens is 2. The van der Waals surface area contributed by atoms with E-state index in [4.69, 9.17) is 0 Å². The molecule has 1 aromatic heterocycles. The third-order valence-corrected chi connectivity index (χ3v) is 3.86. The molecule has 2 heteroatoms. The molecule has 1 heterocycles. The Kier molecular flexibility index (Phi) is 7.79. The van der Waals surface area contributed by atoms with Gasteiger partial charge in [-0.05, 0) is 12.8 Å². The average molecular weight is 251 g/mol. The monoisotopic (exact) mass is 251 g/mol. The van der Waals surface area contributed by atoms with Crippen LogP contribution in [0.1, 0.15) is 83.4 Å². The number of imidazole rings is 1. The Morgan fingerprint density at radius 1 is 1.00 bits per heavy atom. The lowest BCUT2D eigenvalue weighted by molar-refractivity contribution is -0.679. The highest BCUT2D eigenvalue weighted by Gasteiger charge is 2.20. The molecule has 1 atom stereocenters. The summed E-state index contributed by atoms with van der Waals surface area (Å²) in [6.07, 6.45) is 16.5. The molecule has 0 aliphatic carbocycles. The van der Waals surface area contributed by atoms with Crippen LogP contribution < -0.4 is 4.57 Å². The minimum Gasteiger partial charge on any atom is -0.247 e. The first-order valence-corrected chi connectivity index (χ1v) is 7.82. The van der Waals surface area contributed by atoms with E-state index in [0.717, 1.165) is 5.92 Å². The van der Waals surface area contributed by atoms with E-state index in [-0.39, 0.29) is 0 Å². The summed E-state index contributed by atoms with van der Waals surface area (Å²) in [5.74, 6) is 2.14. The first-order chi connectivity index (χ1) is 8.79. The van der Waals surface area contributed by atoms with Gasteiger partial charge in [-0.2, -0.15) is 0 Å². The minimum atomic E-state index is 0.728. The predicted molar refractivity (Wildman–Crippen MR) is 77.6 cm³/mol. The number of unbranched alkanes of at least 4 members (excludes halogenated alkanes) is 5. The molecule has 0 aromatic carbocycles. The number of nitrogens with one attached hydrogen (secondary N) is 1. The van der Waals surface area contributed by atoms with Gasteiger partial charge in [-0.3, -0.25) is 0 Å². The van der Waals surface area contributed by atoms with Gasteiger partial charge < -0.3 is 0 Å². The third kappa shape index (κ3) is 5.24. The van der Waals surface area contributed by atoms with Crippen LogP contribution in [0.25, 0.3) is 0 Å². The van der Waals surface area contributed by atoms with Crippen LogP contribution >= 0.6 is 0 Å².